The van der Waals surface area contributed by atoms with Crippen molar-refractivity contribution in [2.45, 2.75) is 65.0 Å². The highest BCUT2D eigenvalue weighted by atomic mass is 15.2. The molecule has 4 unspecified atom stereocenters. The van der Waals surface area contributed by atoms with Gasteiger partial charge in [-0.15, -0.1) is 0 Å². The Morgan fingerprint density at radius 1 is 1.10 bits per heavy atom. The molecule has 2 fully saturated rings. The molecule has 0 aromatic carbocycles. The molecule has 118 valence electrons. The molecule has 0 bridgehead atoms. The number of likely N-dealkylation sites (N-methyl/N-ethyl adjacent to an activating group) is 1. The predicted molar refractivity (Wildman–Crippen MR) is 86.9 cm³/mol. The van der Waals surface area contributed by atoms with Gasteiger partial charge in [-0.2, -0.15) is 0 Å². The van der Waals surface area contributed by atoms with Gasteiger partial charge in [-0.3, -0.25) is 4.90 Å². The Morgan fingerprint density at radius 3 is 2.50 bits per heavy atom. The fraction of sp³-hybridized carbons (Fsp3) is 1.00. The maximum absolute atomic E-state index is 6.38. The zero-order valence-corrected chi connectivity index (χ0v) is 13.9. The predicted octanol–water partition coefficient (Wildman–Crippen LogP) is 2.56. The molecular formula is C17H35N3. The fourth-order valence-electron chi connectivity index (χ4n) is 4.31. The van der Waals surface area contributed by atoms with Crippen molar-refractivity contribution < 1.29 is 0 Å². The highest BCUT2D eigenvalue weighted by molar-refractivity contribution is 4.88. The molecule has 3 heteroatoms. The van der Waals surface area contributed by atoms with Gasteiger partial charge >= 0.3 is 0 Å². The Bertz CT molecular complexity index is 277. The van der Waals surface area contributed by atoms with E-state index in [2.05, 4.69) is 30.6 Å². The van der Waals surface area contributed by atoms with E-state index in [4.69, 9.17) is 5.73 Å². The summed E-state index contributed by atoms with van der Waals surface area (Å²) < 4.78 is 0. The van der Waals surface area contributed by atoms with Crippen molar-refractivity contribution in [1.82, 2.24) is 9.80 Å². The van der Waals surface area contributed by atoms with Crippen LogP contribution in [0.25, 0.3) is 0 Å². The van der Waals surface area contributed by atoms with Crippen LogP contribution in [0.4, 0.5) is 0 Å². The number of likely N-dealkylation sites (tertiary alicyclic amines) is 1. The Balaban J connectivity index is 1.81. The molecule has 1 saturated heterocycles. The molecule has 1 aliphatic carbocycles. The first-order valence-electron chi connectivity index (χ1n) is 8.89. The van der Waals surface area contributed by atoms with Crippen molar-refractivity contribution >= 4 is 0 Å². The van der Waals surface area contributed by atoms with Crippen LogP contribution in [0.1, 0.15) is 52.9 Å². The minimum absolute atomic E-state index is 0.449. The van der Waals surface area contributed by atoms with Gasteiger partial charge in [0.25, 0.3) is 0 Å². The number of rotatable bonds is 6. The van der Waals surface area contributed by atoms with E-state index >= 15 is 0 Å². The first kappa shape index (κ1) is 16.3. The molecule has 1 saturated carbocycles. The van der Waals surface area contributed by atoms with E-state index in [1.165, 1.54) is 64.8 Å². The minimum atomic E-state index is 0.449. The lowest BCUT2D eigenvalue weighted by atomic mass is 9.77. The summed E-state index contributed by atoms with van der Waals surface area (Å²) in [7, 11) is 0. The molecule has 1 aliphatic heterocycles. The van der Waals surface area contributed by atoms with Crippen molar-refractivity contribution in [1.29, 1.82) is 0 Å². The number of hydrogen-bond acceptors (Lipinski definition) is 3. The summed E-state index contributed by atoms with van der Waals surface area (Å²) in [5, 5.41) is 0. The maximum atomic E-state index is 6.38. The van der Waals surface area contributed by atoms with Gasteiger partial charge in [-0.05, 0) is 57.2 Å². The van der Waals surface area contributed by atoms with Crippen LogP contribution >= 0.6 is 0 Å². The first-order valence-corrected chi connectivity index (χ1v) is 8.89. The van der Waals surface area contributed by atoms with Crippen LogP contribution in [0.2, 0.25) is 0 Å². The van der Waals surface area contributed by atoms with Crippen molar-refractivity contribution in [3.05, 3.63) is 0 Å². The van der Waals surface area contributed by atoms with Gasteiger partial charge in [0.2, 0.25) is 0 Å². The highest BCUT2D eigenvalue weighted by Crippen LogP contribution is 2.31. The molecule has 1 heterocycles. The smallest absolute Gasteiger partial charge is 0.0235 e. The van der Waals surface area contributed by atoms with E-state index in [1.807, 2.05) is 0 Å². The second kappa shape index (κ2) is 7.77. The zero-order chi connectivity index (χ0) is 14.5. The third-order valence-corrected chi connectivity index (χ3v) is 5.80. The van der Waals surface area contributed by atoms with Crippen LogP contribution in [0.15, 0.2) is 0 Å². The maximum Gasteiger partial charge on any atom is 0.0235 e. The molecule has 3 nitrogen and oxygen atoms in total. The molecule has 0 aromatic rings. The number of nitrogens with zero attached hydrogens (tertiary/aromatic N) is 2. The van der Waals surface area contributed by atoms with Crippen LogP contribution in [-0.2, 0) is 0 Å². The van der Waals surface area contributed by atoms with E-state index in [1.54, 1.807) is 0 Å². The van der Waals surface area contributed by atoms with E-state index < -0.39 is 0 Å². The normalized spacial score (nSPS) is 35.9. The molecule has 4 atom stereocenters. The standard InChI is InChI=1S/C17H35N3/c1-4-14-7-8-17(18)15(11-14)12-19-10-9-16(13-19)20(5-2)6-3/h14-17H,4-13,18H2,1-3H3. The van der Waals surface area contributed by atoms with Gasteiger partial charge in [0.05, 0.1) is 0 Å². The van der Waals surface area contributed by atoms with E-state index in [9.17, 15) is 0 Å². The average molecular weight is 281 g/mol. The van der Waals surface area contributed by atoms with Crippen LogP contribution in [0.5, 0.6) is 0 Å². The fourth-order valence-corrected chi connectivity index (χ4v) is 4.31. The molecule has 0 aromatic heterocycles. The molecule has 0 amide bonds. The molecule has 2 N–H and O–H groups in total. The van der Waals surface area contributed by atoms with Gasteiger partial charge < -0.3 is 10.6 Å². The van der Waals surface area contributed by atoms with Crippen LogP contribution in [0, 0.1) is 11.8 Å². The molecule has 2 aliphatic rings. The van der Waals surface area contributed by atoms with E-state index in [0.29, 0.717) is 6.04 Å². The van der Waals surface area contributed by atoms with E-state index in [-0.39, 0.29) is 0 Å². The summed E-state index contributed by atoms with van der Waals surface area (Å²) in [6, 6.07) is 1.23. The summed E-state index contributed by atoms with van der Waals surface area (Å²) in [6.45, 7) is 13.1. The molecular weight excluding hydrogens is 246 g/mol. The molecule has 0 spiro atoms. The lowest BCUT2D eigenvalue weighted by Crippen LogP contribution is -2.43. The van der Waals surface area contributed by atoms with Gasteiger partial charge in [-0.25, -0.2) is 0 Å². The van der Waals surface area contributed by atoms with Gasteiger partial charge in [-0.1, -0.05) is 27.2 Å². The summed E-state index contributed by atoms with van der Waals surface area (Å²) in [4.78, 5) is 5.31. The highest BCUT2D eigenvalue weighted by Gasteiger charge is 2.32. The Hall–Kier alpha value is -0.120. The molecule has 0 radical (unpaired) electrons. The lowest BCUT2D eigenvalue weighted by molar-refractivity contribution is 0.158. The monoisotopic (exact) mass is 281 g/mol. The van der Waals surface area contributed by atoms with Gasteiger partial charge in [0.1, 0.15) is 0 Å². The Morgan fingerprint density at radius 2 is 1.85 bits per heavy atom. The molecule has 20 heavy (non-hydrogen) atoms. The second-order valence-electron chi connectivity index (χ2n) is 6.93. The van der Waals surface area contributed by atoms with Crippen LogP contribution in [0.3, 0.4) is 0 Å². The Labute approximate surface area is 125 Å². The largest absolute Gasteiger partial charge is 0.327 e. The molecule has 2 rings (SSSR count). The SMILES string of the molecule is CCC1CCC(N)C(CN2CCC(N(CC)CC)C2)C1. The van der Waals surface area contributed by atoms with Crippen molar-refractivity contribution in [3.8, 4) is 0 Å². The number of hydrogen-bond donors (Lipinski definition) is 1. The van der Waals surface area contributed by atoms with Gasteiger partial charge in [0, 0.05) is 25.2 Å². The summed E-state index contributed by atoms with van der Waals surface area (Å²) >= 11 is 0. The van der Waals surface area contributed by atoms with Crippen molar-refractivity contribution in [3.63, 3.8) is 0 Å². The van der Waals surface area contributed by atoms with Gasteiger partial charge in [0.15, 0.2) is 0 Å². The first-order chi connectivity index (χ1) is 9.67. The third-order valence-electron chi connectivity index (χ3n) is 5.80. The van der Waals surface area contributed by atoms with E-state index in [0.717, 1.165) is 17.9 Å². The topological polar surface area (TPSA) is 32.5 Å². The average Bonchev–Trinajstić information content (AvgIpc) is 2.91. The third kappa shape index (κ3) is 3.96. The van der Waals surface area contributed by atoms with Crippen molar-refractivity contribution in [2.24, 2.45) is 17.6 Å². The summed E-state index contributed by atoms with van der Waals surface area (Å²) in [5.74, 6) is 1.67. The lowest BCUT2D eigenvalue weighted by Gasteiger charge is -2.36. The van der Waals surface area contributed by atoms with Crippen LogP contribution in [-0.4, -0.2) is 54.6 Å². The second-order valence-corrected chi connectivity index (χ2v) is 6.93. The van der Waals surface area contributed by atoms with Crippen molar-refractivity contribution in [2.75, 3.05) is 32.7 Å². The number of nitrogens with two attached hydrogens (primary N) is 1. The van der Waals surface area contributed by atoms with Crippen LogP contribution < -0.4 is 5.73 Å². The Kier molecular flexibility index (Phi) is 6.31. The summed E-state index contributed by atoms with van der Waals surface area (Å²) in [5.41, 5.74) is 6.38. The zero-order valence-electron chi connectivity index (χ0n) is 13.9. The summed E-state index contributed by atoms with van der Waals surface area (Å²) in [6.07, 6.45) is 6.66. The minimum Gasteiger partial charge on any atom is -0.327 e. The quantitative estimate of drug-likeness (QED) is 0.812.